The number of carbonyl (C=O) groups excluding carboxylic acids is 2. The number of morpholine rings is 1. The van der Waals surface area contributed by atoms with Crippen LogP contribution in [0, 0.1) is 12.8 Å². The standard InChI is InChI=1S/C25H31N3O3/c1-19-6-4-7-20(16-19)17-27-11-5-8-21(18-27)24(29)26-23-10-3-2-9-22(23)25(30)28-12-14-31-15-13-28/h2-4,6-7,9-10,16,21H,5,8,11-15,17-18H2,1H3,(H,26,29). The molecule has 164 valence electrons. The van der Waals surface area contributed by atoms with Crippen molar-refractivity contribution in [2.75, 3.05) is 44.7 Å². The predicted molar refractivity (Wildman–Crippen MR) is 121 cm³/mol. The van der Waals surface area contributed by atoms with Gasteiger partial charge in [0.15, 0.2) is 0 Å². The van der Waals surface area contributed by atoms with Crippen molar-refractivity contribution >= 4 is 17.5 Å². The molecule has 6 nitrogen and oxygen atoms in total. The SMILES string of the molecule is Cc1cccc(CN2CCCC(C(=O)Nc3ccccc3C(=O)N3CCOCC3)C2)c1. The highest BCUT2D eigenvalue weighted by Gasteiger charge is 2.27. The molecular formula is C25H31N3O3. The van der Waals surface area contributed by atoms with Crippen LogP contribution in [-0.4, -0.2) is 61.0 Å². The molecule has 4 rings (SSSR count). The van der Waals surface area contributed by atoms with E-state index in [0.29, 0.717) is 37.6 Å². The monoisotopic (exact) mass is 421 g/mol. The van der Waals surface area contributed by atoms with E-state index in [0.717, 1.165) is 32.5 Å². The van der Waals surface area contributed by atoms with Gasteiger partial charge in [0.2, 0.25) is 5.91 Å². The molecule has 0 saturated carbocycles. The van der Waals surface area contributed by atoms with Crippen LogP contribution in [0.5, 0.6) is 0 Å². The molecule has 2 saturated heterocycles. The number of hydrogen-bond acceptors (Lipinski definition) is 4. The lowest BCUT2D eigenvalue weighted by Gasteiger charge is -2.32. The summed E-state index contributed by atoms with van der Waals surface area (Å²) in [5.74, 6) is -0.134. The fraction of sp³-hybridized carbons (Fsp3) is 0.440. The van der Waals surface area contributed by atoms with Gasteiger partial charge in [0.1, 0.15) is 0 Å². The molecule has 2 aromatic rings. The summed E-state index contributed by atoms with van der Waals surface area (Å²) in [6.45, 7) is 6.97. The van der Waals surface area contributed by atoms with Crippen LogP contribution >= 0.6 is 0 Å². The summed E-state index contributed by atoms with van der Waals surface area (Å²) in [7, 11) is 0. The van der Waals surface area contributed by atoms with Crippen molar-refractivity contribution < 1.29 is 14.3 Å². The zero-order chi connectivity index (χ0) is 21.6. The number of aryl methyl sites for hydroxylation is 1. The summed E-state index contributed by atoms with van der Waals surface area (Å²) in [6.07, 6.45) is 1.87. The van der Waals surface area contributed by atoms with E-state index in [4.69, 9.17) is 4.74 Å². The molecule has 2 amide bonds. The van der Waals surface area contributed by atoms with E-state index >= 15 is 0 Å². The predicted octanol–water partition coefficient (Wildman–Crippen LogP) is 3.32. The van der Waals surface area contributed by atoms with E-state index in [2.05, 4.69) is 41.4 Å². The van der Waals surface area contributed by atoms with Crippen LogP contribution in [0.3, 0.4) is 0 Å². The third-order valence-electron chi connectivity index (χ3n) is 6.08. The van der Waals surface area contributed by atoms with Gasteiger partial charge in [-0.25, -0.2) is 0 Å². The average molecular weight is 422 g/mol. The fourth-order valence-electron chi connectivity index (χ4n) is 4.43. The Morgan fingerprint density at radius 3 is 2.68 bits per heavy atom. The third-order valence-corrected chi connectivity index (χ3v) is 6.08. The maximum atomic E-state index is 13.1. The van der Waals surface area contributed by atoms with Crippen molar-refractivity contribution in [3.05, 3.63) is 65.2 Å². The Labute approximate surface area is 184 Å². The smallest absolute Gasteiger partial charge is 0.256 e. The molecule has 1 unspecified atom stereocenters. The minimum Gasteiger partial charge on any atom is -0.378 e. The van der Waals surface area contributed by atoms with Gasteiger partial charge in [-0.1, -0.05) is 42.0 Å². The number of benzene rings is 2. The summed E-state index contributed by atoms with van der Waals surface area (Å²) in [4.78, 5) is 30.2. The molecule has 1 atom stereocenters. The Morgan fingerprint density at radius 1 is 1.06 bits per heavy atom. The molecule has 2 heterocycles. The van der Waals surface area contributed by atoms with E-state index in [-0.39, 0.29) is 17.7 Å². The number of piperidine rings is 1. The molecule has 0 aliphatic carbocycles. The molecule has 0 aromatic heterocycles. The second kappa shape index (κ2) is 10.1. The zero-order valence-corrected chi connectivity index (χ0v) is 18.2. The molecule has 1 N–H and O–H groups in total. The Hall–Kier alpha value is -2.70. The Morgan fingerprint density at radius 2 is 1.87 bits per heavy atom. The number of carbonyl (C=O) groups is 2. The van der Waals surface area contributed by atoms with Crippen LogP contribution in [0.4, 0.5) is 5.69 Å². The summed E-state index contributed by atoms with van der Waals surface area (Å²) in [5.41, 5.74) is 3.68. The number of amides is 2. The zero-order valence-electron chi connectivity index (χ0n) is 18.2. The van der Waals surface area contributed by atoms with Crippen molar-refractivity contribution in [3.63, 3.8) is 0 Å². The molecule has 31 heavy (non-hydrogen) atoms. The average Bonchev–Trinajstić information content (AvgIpc) is 2.80. The largest absolute Gasteiger partial charge is 0.378 e. The maximum absolute atomic E-state index is 13.1. The number of ether oxygens (including phenoxy) is 1. The summed E-state index contributed by atoms with van der Waals surface area (Å²) < 4.78 is 5.35. The van der Waals surface area contributed by atoms with Gasteiger partial charge < -0.3 is 15.0 Å². The number of rotatable bonds is 5. The number of nitrogens with zero attached hydrogens (tertiary/aromatic N) is 2. The van der Waals surface area contributed by atoms with Gasteiger partial charge in [-0.05, 0) is 44.0 Å². The normalized spacial score (nSPS) is 19.8. The Bertz CT molecular complexity index is 924. The van der Waals surface area contributed by atoms with Crippen LogP contribution in [-0.2, 0) is 16.1 Å². The second-order valence-corrected chi connectivity index (χ2v) is 8.50. The summed E-state index contributed by atoms with van der Waals surface area (Å²) in [5, 5.41) is 3.05. The number of anilines is 1. The van der Waals surface area contributed by atoms with E-state index < -0.39 is 0 Å². The highest BCUT2D eigenvalue weighted by atomic mass is 16.5. The minimum absolute atomic E-state index is 0.00355. The number of hydrogen-bond donors (Lipinski definition) is 1. The van der Waals surface area contributed by atoms with Crippen molar-refractivity contribution in [1.29, 1.82) is 0 Å². The van der Waals surface area contributed by atoms with Crippen LogP contribution in [0.25, 0.3) is 0 Å². The highest BCUT2D eigenvalue weighted by molar-refractivity contribution is 6.04. The lowest BCUT2D eigenvalue weighted by molar-refractivity contribution is -0.121. The maximum Gasteiger partial charge on any atom is 0.256 e. The molecular weight excluding hydrogens is 390 g/mol. The van der Waals surface area contributed by atoms with Gasteiger partial charge in [0, 0.05) is 26.2 Å². The van der Waals surface area contributed by atoms with Crippen molar-refractivity contribution in [3.8, 4) is 0 Å². The first-order chi connectivity index (χ1) is 15.1. The van der Waals surface area contributed by atoms with E-state index in [1.165, 1.54) is 11.1 Å². The molecule has 2 aliphatic rings. The lowest BCUT2D eigenvalue weighted by atomic mass is 9.96. The molecule has 0 spiro atoms. The minimum atomic E-state index is -0.0786. The van der Waals surface area contributed by atoms with Gasteiger partial charge >= 0.3 is 0 Å². The summed E-state index contributed by atoms with van der Waals surface area (Å²) >= 11 is 0. The van der Waals surface area contributed by atoms with Crippen molar-refractivity contribution in [2.45, 2.75) is 26.3 Å². The first kappa shape index (κ1) is 21.5. The second-order valence-electron chi connectivity index (χ2n) is 8.50. The van der Waals surface area contributed by atoms with E-state index in [9.17, 15) is 9.59 Å². The molecule has 2 fully saturated rings. The van der Waals surface area contributed by atoms with Crippen LogP contribution in [0.15, 0.2) is 48.5 Å². The van der Waals surface area contributed by atoms with Crippen LogP contribution in [0.2, 0.25) is 0 Å². The fourth-order valence-corrected chi connectivity index (χ4v) is 4.43. The highest BCUT2D eigenvalue weighted by Crippen LogP contribution is 2.23. The quantitative estimate of drug-likeness (QED) is 0.805. The van der Waals surface area contributed by atoms with E-state index in [1.807, 2.05) is 18.2 Å². The van der Waals surface area contributed by atoms with Gasteiger partial charge in [0.25, 0.3) is 5.91 Å². The van der Waals surface area contributed by atoms with Gasteiger partial charge in [0.05, 0.1) is 30.4 Å². The molecule has 2 aliphatic heterocycles. The van der Waals surface area contributed by atoms with E-state index in [1.54, 1.807) is 11.0 Å². The number of nitrogens with one attached hydrogen (secondary N) is 1. The summed E-state index contributed by atoms with van der Waals surface area (Å²) in [6, 6.07) is 15.8. The number of para-hydroxylation sites is 1. The molecule has 6 heteroatoms. The lowest BCUT2D eigenvalue weighted by Crippen LogP contribution is -2.42. The van der Waals surface area contributed by atoms with Crippen molar-refractivity contribution in [1.82, 2.24) is 9.80 Å². The van der Waals surface area contributed by atoms with Gasteiger partial charge in [-0.2, -0.15) is 0 Å². The van der Waals surface area contributed by atoms with Gasteiger partial charge in [-0.3, -0.25) is 14.5 Å². The molecule has 0 radical (unpaired) electrons. The molecule has 2 aromatic carbocycles. The topological polar surface area (TPSA) is 61.9 Å². The first-order valence-electron chi connectivity index (χ1n) is 11.1. The number of likely N-dealkylation sites (tertiary alicyclic amines) is 1. The van der Waals surface area contributed by atoms with Crippen molar-refractivity contribution in [2.24, 2.45) is 5.92 Å². The Balaban J connectivity index is 1.40. The van der Waals surface area contributed by atoms with Crippen LogP contribution < -0.4 is 5.32 Å². The van der Waals surface area contributed by atoms with Gasteiger partial charge in [-0.15, -0.1) is 0 Å². The Kier molecular flexibility index (Phi) is 6.99. The van der Waals surface area contributed by atoms with Crippen LogP contribution in [0.1, 0.15) is 34.3 Å². The first-order valence-corrected chi connectivity index (χ1v) is 11.1. The third kappa shape index (κ3) is 5.51. The molecule has 0 bridgehead atoms.